The minimum absolute atomic E-state index is 0.00300. The number of nitrogens with two attached hydrogens (primary N) is 1. The Balaban J connectivity index is 2.07. The molecule has 0 saturated heterocycles. The van der Waals surface area contributed by atoms with Crippen molar-refractivity contribution in [3.8, 4) is 0 Å². The summed E-state index contributed by atoms with van der Waals surface area (Å²) in [6.07, 6.45) is 0. The van der Waals surface area contributed by atoms with Gasteiger partial charge in [0.1, 0.15) is 5.69 Å². The molecule has 0 spiro atoms. The third kappa shape index (κ3) is 4.22. The third-order valence-corrected chi connectivity index (χ3v) is 3.40. The SMILES string of the molecule is CN(C)c1cccc(C(=O)NNC(=O)c2ccc(N)c([N+](=O)[O-])c2)c1. The monoisotopic (exact) mass is 343 g/mol. The lowest BCUT2D eigenvalue weighted by molar-refractivity contribution is -0.383. The highest BCUT2D eigenvalue weighted by atomic mass is 16.6. The van der Waals surface area contributed by atoms with Crippen LogP contribution in [0.1, 0.15) is 20.7 Å². The maximum Gasteiger partial charge on any atom is 0.292 e. The molecule has 0 saturated carbocycles. The first-order valence-electron chi connectivity index (χ1n) is 7.21. The lowest BCUT2D eigenvalue weighted by Gasteiger charge is -2.13. The quantitative estimate of drug-likeness (QED) is 0.436. The first-order chi connectivity index (χ1) is 11.8. The standard InChI is InChI=1S/C16H17N5O4/c1-20(2)12-5-3-4-10(8-12)15(22)18-19-16(23)11-6-7-13(17)14(9-11)21(24)25/h3-9H,17H2,1-2H3,(H,18,22)(H,19,23). The minimum Gasteiger partial charge on any atom is -0.393 e. The average Bonchev–Trinajstić information content (AvgIpc) is 2.59. The average molecular weight is 343 g/mol. The molecule has 0 aliphatic rings. The molecule has 130 valence electrons. The molecule has 9 heteroatoms. The van der Waals surface area contributed by atoms with Crippen molar-refractivity contribution in [3.63, 3.8) is 0 Å². The molecule has 2 aromatic carbocycles. The Morgan fingerprint density at radius 2 is 1.64 bits per heavy atom. The van der Waals surface area contributed by atoms with E-state index in [1.54, 1.807) is 18.2 Å². The molecular formula is C16H17N5O4. The van der Waals surface area contributed by atoms with Crippen LogP contribution in [-0.4, -0.2) is 30.8 Å². The number of hydrogen-bond donors (Lipinski definition) is 3. The van der Waals surface area contributed by atoms with Gasteiger partial charge in [0, 0.05) is 37.0 Å². The van der Waals surface area contributed by atoms with Gasteiger partial charge in [0.2, 0.25) is 0 Å². The highest BCUT2D eigenvalue weighted by Gasteiger charge is 2.16. The highest BCUT2D eigenvalue weighted by Crippen LogP contribution is 2.22. The largest absolute Gasteiger partial charge is 0.393 e. The molecule has 0 radical (unpaired) electrons. The third-order valence-electron chi connectivity index (χ3n) is 3.40. The van der Waals surface area contributed by atoms with Crippen molar-refractivity contribution in [2.45, 2.75) is 0 Å². The molecule has 2 rings (SSSR count). The van der Waals surface area contributed by atoms with Crippen LogP contribution in [0.15, 0.2) is 42.5 Å². The predicted octanol–water partition coefficient (Wildman–Crippen LogP) is 1.32. The van der Waals surface area contributed by atoms with Crippen LogP contribution >= 0.6 is 0 Å². The first kappa shape index (κ1) is 17.7. The van der Waals surface area contributed by atoms with Gasteiger partial charge in [-0.2, -0.15) is 0 Å². The number of carbonyl (C=O) groups is 2. The molecule has 0 aliphatic carbocycles. The van der Waals surface area contributed by atoms with Gasteiger partial charge in [-0.05, 0) is 30.3 Å². The zero-order valence-corrected chi connectivity index (χ0v) is 13.6. The molecule has 2 aromatic rings. The zero-order chi connectivity index (χ0) is 18.6. The van der Waals surface area contributed by atoms with Gasteiger partial charge in [0.05, 0.1) is 4.92 Å². The van der Waals surface area contributed by atoms with Crippen molar-refractivity contribution >= 4 is 28.9 Å². The molecule has 4 N–H and O–H groups in total. The van der Waals surface area contributed by atoms with E-state index in [1.165, 1.54) is 12.1 Å². The van der Waals surface area contributed by atoms with E-state index in [0.717, 1.165) is 11.8 Å². The van der Waals surface area contributed by atoms with E-state index in [2.05, 4.69) is 10.9 Å². The number of anilines is 2. The van der Waals surface area contributed by atoms with Crippen molar-refractivity contribution in [3.05, 3.63) is 63.7 Å². The summed E-state index contributed by atoms with van der Waals surface area (Å²) in [5.41, 5.74) is 10.7. The van der Waals surface area contributed by atoms with Gasteiger partial charge in [-0.1, -0.05) is 6.07 Å². The number of nitro groups is 1. The van der Waals surface area contributed by atoms with Crippen LogP contribution in [0, 0.1) is 10.1 Å². The normalized spacial score (nSPS) is 10.0. The van der Waals surface area contributed by atoms with E-state index >= 15 is 0 Å². The van der Waals surface area contributed by atoms with Crippen LogP contribution in [0.3, 0.4) is 0 Å². The smallest absolute Gasteiger partial charge is 0.292 e. The number of amides is 2. The van der Waals surface area contributed by atoms with Gasteiger partial charge < -0.3 is 10.6 Å². The van der Waals surface area contributed by atoms with Gasteiger partial charge in [-0.15, -0.1) is 0 Å². The lowest BCUT2D eigenvalue weighted by atomic mass is 10.1. The Kier molecular flexibility index (Phi) is 5.18. The fourth-order valence-electron chi connectivity index (χ4n) is 2.03. The van der Waals surface area contributed by atoms with Crippen LogP contribution in [-0.2, 0) is 0 Å². The highest BCUT2D eigenvalue weighted by molar-refractivity contribution is 6.00. The van der Waals surface area contributed by atoms with Gasteiger partial charge in [-0.3, -0.25) is 30.6 Å². The Morgan fingerprint density at radius 1 is 1.04 bits per heavy atom. The predicted molar refractivity (Wildman–Crippen MR) is 93.2 cm³/mol. The topological polar surface area (TPSA) is 131 Å². The fourth-order valence-corrected chi connectivity index (χ4v) is 2.03. The van der Waals surface area contributed by atoms with Crippen LogP contribution < -0.4 is 21.5 Å². The Bertz CT molecular complexity index is 835. The Hall–Kier alpha value is -3.62. The summed E-state index contributed by atoms with van der Waals surface area (Å²) in [6.45, 7) is 0. The number of nitrogens with zero attached hydrogens (tertiary/aromatic N) is 2. The molecule has 0 aliphatic heterocycles. The fraction of sp³-hybridized carbons (Fsp3) is 0.125. The van der Waals surface area contributed by atoms with Crippen LogP contribution in [0.25, 0.3) is 0 Å². The van der Waals surface area contributed by atoms with E-state index in [-0.39, 0.29) is 16.9 Å². The number of rotatable bonds is 4. The molecule has 0 bridgehead atoms. The number of hydrazine groups is 1. The molecule has 0 aromatic heterocycles. The second kappa shape index (κ2) is 7.30. The van der Waals surface area contributed by atoms with Crippen molar-refractivity contribution in [2.75, 3.05) is 24.7 Å². The van der Waals surface area contributed by atoms with Gasteiger partial charge in [0.25, 0.3) is 17.5 Å². The van der Waals surface area contributed by atoms with E-state index in [1.807, 2.05) is 25.1 Å². The maximum atomic E-state index is 12.1. The molecular weight excluding hydrogens is 326 g/mol. The molecule has 2 amide bonds. The van der Waals surface area contributed by atoms with Gasteiger partial charge in [0.15, 0.2) is 0 Å². The van der Waals surface area contributed by atoms with Crippen molar-refractivity contribution in [1.29, 1.82) is 0 Å². The molecule has 25 heavy (non-hydrogen) atoms. The summed E-state index contributed by atoms with van der Waals surface area (Å²) < 4.78 is 0. The summed E-state index contributed by atoms with van der Waals surface area (Å²) in [4.78, 5) is 36.2. The van der Waals surface area contributed by atoms with Crippen LogP contribution in [0.5, 0.6) is 0 Å². The maximum absolute atomic E-state index is 12.1. The van der Waals surface area contributed by atoms with E-state index in [0.29, 0.717) is 5.56 Å². The first-order valence-corrected chi connectivity index (χ1v) is 7.21. The summed E-state index contributed by atoms with van der Waals surface area (Å²) in [7, 11) is 3.68. The van der Waals surface area contributed by atoms with E-state index in [9.17, 15) is 19.7 Å². The summed E-state index contributed by atoms with van der Waals surface area (Å²) >= 11 is 0. The Morgan fingerprint density at radius 3 is 2.20 bits per heavy atom. The summed E-state index contributed by atoms with van der Waals surface area (Å²) in [5.74, 6) is -1.21. The number of nitro benzene ring substituents is 1. The van der Waals surface area contributed by atoms with Crippen LogP contribution in [0.4, 0.5) is 17.1 Å². The van der Waals surface area contributed by atoms with Crippen molar-refractivity contribution in [2.24, 2.45) is 0 Å². The van der Waals surface area contributed by atoms with Gasteiger partial charge in [-0.25, -0.2) is 0 Å². The summed E-state index contributed by atoms with van der Waals surface area (Å²) in [6, 6.07) is 10.5. The molecule has 0 atom stereocenters. The minimum atomic E-state index is -0.694. The van der Waals surface area contributed by atoms with Crippen molar-refractivity contribution in [1.82, 2.24) is 10.9 Å². The van der Waals surface area contributed by atoms with Crippen LogP contribution in [0.2, 0.25) is 0 Å². The second-order valence-electron chi connectivity index (χ2n) is 5.38. The number of benzene rings is 2. The number of nitrogen functional groups attached to an aromatic ring is 1. The number of nitrogens with one attached hydrogen (secondary N) is 2. The van der Waals surface area contributed by atoms with Crippen molar-refractivity contribution < 1.29 is 14.5 Å². The van der Waals surface area contributed by atoms with E-state index < -0.39 is 16.7 Å². The van der Waals surface area contributed by atoms with Gasteiger partial charge >= 0.3 is 0 Å². The molecule has 0 unspecified atom stereocenters. The summed E-state index contributed by atoms with van der Waals surface area (Å²) in [5, 5.41) is 10.9. The zero-order valence-electron chi connectivity index (χ0n) is 13.6. The number of carbonyl (C=O) groups excluding carboxylic acids is 2. The van der Waals surface area contributed by atoms with E-state index in [4.69, 9.17) is 5.73 Å². The molecule has 0 heterocycles. The molecule has 0 fully saturated rings. The Labute approximate surface area is 143 Å². The number of hydrogen-bond acceptors (Lipinski definition) is 6. The molecule has 9 nitrogen and oxygen atoms in total. The second-order valence-corrected chi connectivity index (χ2v) is 5.38. The lowest BCUT2D eigenvalue weighted by Crippen LogP contribution is -2.41.